The van der Waals surface area contributed by atoms with Gasteiger partial charge in [-0.15, -0.1) is 48.1 Å². The average molecular weight is 1140 g/mol. The van der Waals surface area contributed by atoms with Gasteiger partial charge in [0.1, 0.15) is 40.3 Å². The summed E-state index contributed by atoms with van der Waals surface area (Å²) in [6, 6.07) is 72.2. The van der Waals surface area contributed by atoms with Gasteiger partial charge in [-0.05, 0) is 94.2 Å². The van der Waals surface area contributed by atoms with E-state index in [0.29, 0.717) is 11.5 Å². The van der Waals surface area contributed by atoms with E-state index >= 15 is 0 Å². The maximum Gasteiger partial charge on any atom is 0.270 e. The number of hydrogen-bond donors (Lipinski definition) is 0. The number of rotatable bonds is 7. The second kappa shape index (κ2) is 16.8. The van der Waals surface area contributed by atoms with Crippen LogP contribution in [-0.2, 0) is 26.5 Å². The summed E-state index contributed by atoms with van der Waals surface area (Å²) in [5.41, 5.74) is 14.2. The zero-order valence-corrected chi connectivity index (χ0v) is 42.6. The molecule has 4 aliphatic heterocycles. The first-order valence-electron chi connectivity index (χ1n) is 24.6. The van der Waals surface area contributed by atoms with Gasteiger partial charge in [0.2, 0.25) is 0 Å². The first-order valence-corrected chi connectivity index (χ1v) is 24.6. The molecule has 0 saturated heterocycles. The average Bonchev–Trinajstić information content (AvgIpc) is 3.97. The Morgan fingerprint density at radius 2 is 1.12 bits per heavy atom. The van der Waals surface area contributed by atoms with Gasteiger partial charge in [-0.1, -0.05) is 117 Å². The van der Waals surface area contributed by atoms with Gasteiger partial charge >= 0.3 is 0 Å². The fourth-order valence-electron chi connectivity index (χ4n) is 11.3. The van der Waals surface area contributed by atoms with Crippen molar-refractivity contribution in [1.82, 2.24) is 9.55 Å². The van der Waals surface area contributed by atoms with Crippen molar-refractivity contribution in [3.63, 3.8) is 0 Å². The Hall–Kier alpha value is -8.52. The molecule has 358 valence electrons. The largest absolute Gasteiger partial charge is 0.509 e. The second-order valence-electron chi connectivity index (χ2n) is 20.0. The van der Waals surface area contributed by atoms with Crippen molar-refractivity contribution >= 4 is 67.7 Å². The third-order valence-electron chi connectivity index (χ3n) is 14.6. The molecule has 11 aromatic rings. The van der Waals surface area contributed by atoms with E-state index in [1.165, 1.54) is 5.56 Å². The second-order valence-corrected chi connectivity index (χ2v) is 20.0. The number of para-hydroxylation sites is 4. The number of ether oxygens (including phenoxy) is 4. The summed E-state index contributed by atoms with van der Waals surface area (Å²) < 4.78 is 29.0. The molecule has 0 aliphatic carbocycles. The van der Waals surface area contributed by atoms with Crippen LogP contribution in [0.2, 0.25) is 0 Å². The van der Waals surface area contributed by atoms with Crippen molar-refractivity contribution in [2.75, 3.05) is 9.80 Å². The number of hydrogen-bond acceptors (Lipinski definition) is 7. The third kappa shape index (κ3) is 6.83. The number of fused-ring (bicyclic) bond motifs is 4. The summed E-state index contributed by atoms with van der Waals surface area (Å²) in [5, 5.41) is 2.20. The van der Waals surface area contributed by atoms with Gasteiger partial charge in [0.15, 0.2) is 0 Å². The quantitative estimate of drug-likeness (QED) is 0.116. The summed E-state index contributed by atoms with van der Waals surface area (Å²) in [6.07, 6.45) is 1.90. The molecule has 0 unspecified atom stereocenters. The molecule has 15 rings (SSSR count). The molecule has 0 radical (unpaired) electrons. The van der Waals surface area contributed by atoms with Gasteiger partial charge in [0.05, 0.1) is 0 Å². The van der Waals surface area contributed by atoms with E-state index in [2.05, 4.69) is 187 Å². The minimum atomic E-state index is -0.0768. The molecule has 0 bridgehead atoms. The number of anilines is 4. The van der Waals surface area contributed by atoms with Crippen molar-refractivity contribution in [2.45, 2.75) is 26.2 Å². The van der Waals surface area contributed by atoms with Crippen LogP contribution in [0.25, 0.3) is 49.9 Å². The van der Waals surface area contributed by atoms with Crippen LogP contribution in [0.1, 0.15) is 26.3 Å². The Labute approximate surface area is 443 Å². The first-order chi connectivity index (χ1) is 35.8. The molecule has 0 atom stereocenters. The van der Waals surface area contributed by atoms with Crippen molar-refractivity contribution in [3.8, 4) is 74.1 Å². The zero-order chi connectivity index (χ0) is 48.5. The van der Waals surface area contributed by atoms with E-state index in [1.54, 1.807) is 0 Å². The van der Waals surface area contributed by atoms with Gasteiger partial charge < -0.3 is 33.3 Å². The van der Waals surface area contributed by atoms with Gasteiger partial charge in [-0.2, -0.15) is 12.1 Å². The molecular weight excluding hydrogens is 1090 g/mol. The number of aromatic nitrogens is 2. The molecule has 8 nitrogen and oxygen atoms in total. The topological polar surface area (TPSA) is 61.2 Å². The van der Waals surface area contributed by atoms with Crippen molar-refractivity contribution in [1.29, 1.82) is 0 Å². The normalized spacial score (nSPS) is 13.4. The van der Waals surface area contributed by atoms with Crippen LogP contribution >= 0.6 is 0 Å². The van der Waals surface area contributed by atoms with Gasteiger partial charge in [-0.3, -0.25) is 0 Å². The predicted molar refractivity (Wildman–Crippen MR) is 292 cm³/mol. The maximum absolute atomic E-state index is 6.84. The van der Waals surface area contributed by atoms with E-state index in [4.69, 9.17) is 23.9 Å². The Morgan fingerprint density at radius 1 is 0.527 bits per heavy atom. The van der Waals surface area contributed by atoms with E-state index < -0.39 is 0 Å². The Bertz CT molecular complexity index is 4040. The van der Waals surface area contributed by atoms with E-state index in [0.717, 1.165) is 124 Å². The molecule has 0 amide bonds. The molecule has 74 heavy (non-hydrogen) atoms. The Kier molecular flexibility index (Phi) is 10.0. The standard InChI is InChI=1S/C64H42BN4O4.Pt/c1-64(2,3)41-31-32-66-59(35-41)69-49-22-8-7-19-47(49)48-30-29-44(37-52(48)69)70-43-18-11-17-42(36-43)67-38-68(51-24-10-9-23-50(51)67)63-45(39-15-5-4-6-16-39)20-12-21-46(63)40-33-57-62-58(34-40)73-56-28-14-26-54-61(56)65(62)60-53(71-54)25-13-27-55(60)72-57;/h4-35,38H,1-3H3;/q-3;. The summed E-state index contributed by atoms with van der Waals surface area (Å²) in [5.74, 6) is 6.72. The van der Waals surface area contributed by atoms with Crippen LogP contribution in [0.5, 0.6) is 46.0 Å². The van der Waals surface area contributed by atoms with Crippen molar-refractivity contribution in [3.05, 3.63) is 219 Å². The zero-order valence-electron chi connectivity index (χ0n) is 40.4. The molecule has 0 fully saturated rings. The summed E-state index contributed by atoms with van der Waals surface area (Å²) in [6.45, 7) is 8.75. The van der Waals surface area contributed by atoms with E-state index in [1.807, 2.05) is 60.8 Å². The fourth-order valence-corrected chi connectivity index (χ4v) is 11.3. The van der Waals surface area contributed by atoms with Gasteiger partial charge in [0, 0.05) is 88.9 Å². The molecule has 4 aliphatic rings. The number of benzene rings is 9. The number of nitrogens with zero attached hydrogens (tertiary/aromatic N) is 4. The molecule has 9 aromatic carbocycles. The monoisotopic (exact) mass is 1140 g/mol. The third-order valence-corrected chi connectivity index (χ3v) is 14.6. The molecule has 0 saturated carbocycles. The fraction of sp³-hybridized carbons (Fsp3) is 0.0625. The van der Waals surface area contributed by atoms with Gasteiger partial charge in [0.25, 0.3) is 6.71 Å². The summed E-state index contributed by atoms with van der Waals surface area (Å²) >= 11 is 0. The summed E-state index contributed by atoms with van der Waals surface area (Å²) in [7, 11) is 0. The van der Waals surface area contributed by atoms with Crippen LogP contribution in [0.3, 0.4) is 0 Å². The van der Waals surface area contributed by atoms with Crippen LogP contribution in [-0.4, -0.2) is 16.3 Å². The van der Waals surface area contributed by atoms with Crippen LogP contribution < -0.4 is 45.1 Å². The SMILES string of the molecule is CC(C)(C)c1ccnc(-n2c3[c-]c(Oc4[c-]c(N5[CH-]N(c6c(-c7ccccc7)cccc6-c6cc7c8c(c6)Oc6cccc9c6B8c6c(cccc6O7)O9)c6ccccc65)ccc4)ccc3c3ccccc32)c1.[Pt]. The van der Waals surface area contributed by atoms with E-state index in [-0.39, 0.29) is 33.2 Å². The Balaban J connectivity index is 0.00000505. The van der Waals surface area contributed by atoms with Crippen LogP contribution in [0, 0.1) is 18.8 Å². The van der Waals surface area contributed by atoms with Crippen molar-refractivity contribution in [2.24, 2.45) is 0 Å². The predicted octanol–water partition coefficient (Wildman–Crippen LogP) is 14.4. The maximum atomic E-state index is 6.84. The van der Waals surface area contributed by atoms with Gasteiger partial charge in [-0.25, -0.2) is 4.98 Å². The minimum Gasteiger partial charge on any atom is -0.509 e. The smallest absolute Gasteiger partial charge is 0.270 e. The first kappa shape index (κ1) is 44.2. The molecular formula is C64H42BN4O4Pt-3. The molecule has 2 aromatic heterocycles. The molecule has 0 spiro atoms. The molecule has 0 N–H and O–H groups in total. The minimum absolute atomic E-state index is 0. The van der Waals surface area contributed by atoms with Crippen LogP contribution in [0.15, 0.2) is 194 Å². The molecule has 6 heterocycles. The van der Waals surface area contributed by atoms with E-state index in [9.17, 15) is 0 Å². The van der Waals surface area contributed by atoms with Crippen LogP contribution in [0.4, 0.5) is 22.7 Å². The van der Waals surface area contributed by atoms with Crippen molar-refractivity contribution < 1.29 is 40.0 Å². The summed E-state index contributed by atoms with van der Waals surface area (Å²) in [4.78, 5) is 9.36. The molecule has 10 heteroatoms. The Morgan fingerprint density at radius 3 is 1.84 bits per heavy atom. The number of pyridine rings is 1.